The van der Waals surface area contributed by atoms with E-state index in [2.05, 4.69) is 44.2 Å². The number of aliphatic hydroxyl groups is 1. The van der Waals surface area contributed by atoms with Gasteiger partial charge in [0.1, 0.15) is 0 Å². The van der Waals surface area contributed by atoms with Crippen LogP contribution in [0.25, 0.3) is 0 Å². The van der Waals surface area contributed by atoms with Crippen molar-refractivity contribution in [1.82, 2.24) is 0 Å². The molecule has 17 heavy (non-hydrogen) atoms. The first-order valence-electron chi connectivity index (χ1n) is 6.18. The Morgan fingerprint density at radius 1 is 1.24 bits per heavy atom. The first-order chi connectivity index (χ1) is 8.04. The van der Waals surface area contributed by atoms with Gasteiger partial charge in [-0.2, -0.15) is 0 Å². The summed E-state index contributed by atoms with van der Waals surface area (Å²) in [5.41, 5.74) is -0.624. The maximum atomic E-state index is 10.8. The summed E-state index contributed by atoms with van der Waals surface area (Å²) in [6.07, 6.45) is 7.26. The second-order valence-electron chi connectivity index (χ2n) is 5.14. The molecule has 0 bridgehead atoms. The summed E-state index contributed by atoms with van der Waals surface area (Å²) >= 11 is 0.282. The SMILES string of the molecule is CC(C)([Se]c1ccccc1)C1(O)C=CCCC1. The number of benzene rings is 1. The Morgan fingerprint density at radius 3 is 2.53 bits per heavy atom. The summed E-state index contributed by atoms with van der Waals surface area (Å²) in [7, 11) is 0. The minimum absolute atomic E-state index is 0.0573. The van der Waals surface area contributed by atoms with Gasteiger partial charge in [-0.15, -0.1) is 0 Å². The molecule has 1 aromatic carbocycles. The molecule has 0 amide bonds. The second-order valence-corrected chi connectivity index (χ2v) is 8.70. The molecule has 1 atom stereocenters. The third kappa shape index (κ3) is 2.82. The van der Waals surface area contributed by atoms with Crippen LogP contribution in [0.2, 0.25) is 4.31 Å². The zero-order valence-corrected chi connectivity index (χ0v) is 12.2. The van der Waals surface area contributed by atoms with E-state index in [1.54, 1.807) is 0 Å². The summed E-state index contributed by atoms with van der Waals surface area (Å²) in [5.74, 6) is 0. The van der Waals surface area contributed by atoms with E-state index in [9.17, 15) is 5.11 Å². The van der Waals surface area contributed by atoms with Crippen LogP contribution in [0, 0.1) is 0 Å². The third-order valence-corrected chi connectivity index (χ3v) is 6.36. The van der Waals surface area contributed by atoms with Gasteiger partial charge in [-0.1, -0.05) is 0 Å². The Labute approximate surface area is 110 Å². The van der Waals surface area contributed by atoms with Crippen molar-refractivity contribution < 1.29 is 5.11 Å². The molecule has 0 heterocycles. The molecule has 0 aromatic heterocycles. The van der Waals surface area contributed by atoms with E-state index in [1.165, 1.54) is 4.46 Å². The molecule has 0 fully saturated rings. The summed E-state index contributed by atoms with van der Waals surface area (Å²) < 4.78 is 1.30. The van der Waals surface area contributed by atoms with E-state index in [-0.39, 0.29) is 19.3 Å². The van der Waals surface area contributed by atoms with Gasteiger partial charge in [0.25, 0.3) is 0 Å². The molecule has 1 nitrogen and oxygen atoms in total. The zero-order chi connectivity index (χ0) is 12.4. The fourth-order valence-electron chi connectivity index (χ4n) is 2.22. The van der Waals surface area contributed by atoms with Crippen molar-refractivity contribution >= 4 is 19.4 Å². The van der Waals surface area contributed by atoms with Crippen molar-refractivity contribution in [3.05, 3.63) is 42.5 Å². The quantitative estimate of drug-likeness (QED) is 0.671. The normalized spacial score (nSPS) is 24.9. The minimum atomic E-state index is -0.624. The Morgan fingerprint density at radius 2 is 1.94 bits per heavy atom. The van der Waals surface area contributed by atoms with E-state index >= 15 is 0 Å². The van der Waals surface area contributed by atoms with Gasteiger partial charge in [0.2, 0.25) is 0 Å². The number of hydrogen-bond acceptors (Lipinski definition) is 1. The van der Waals surface area contributed by atoms with Crippen LogP contribution in [0.3, 0.4) is 0 Å². The van der Waals surface area contributed by atoms with Gasteiger partial charge in [0, 0.05) is 0 Å². The fourth-order valence-corrected chi connectivity index (χ4v) is 4.80. The van der Waals surface area contributed by atoms with Crippen LogP contribution in [-0.2, 0) is 0 Å². The third-order valence-electron chi connectivity index (χ3n) is 3.48. The van der Waals surface area contributed by atoms with Crippen LogP contribution < -0.4 is 4.46 Å². The van der Waals surface area contributed by atoms with Gasteiger partial charge in [-0.05, 0) is 0 Å². The van der Waals surface area contributed by atoms with Gasteiger partial charge >= 0.3 is 110 Å². The zero-order valence-electron chi connectivity index (χ0n) is 10.5. The summed E-state index contributed by atoms with van der Waals surface area (Å²) in [4.78, 5) is 0. The molecule has 2 heteroatoms. The standard InChI is InChI=1S/C15H20OSe/c1-14(2,15(16)11-7-4-8-12-15)17-13-9-5-3-6-10-13/h3,5-7,9-11,16H,4,8,12H2,1-2H3. The molecule has 0 spiro atoms. The molecule has 2 rings (SSSR count). The number of allylic oxidation sites excluding steroid dienone is 1. The molecule has 1 aliphatic rings. The molecule has 1 aliphatic carbocycles. The monoisotopic (exact) mass is 296 g/mol. The molecule has 0 saturated heterocycles. The van der Waals surface area contributed by atoms with E-state index in [0.717, 1.165) is 19.3 Å². The first-order valence-corrected chi connectivity index (χ1v) is 7.89. The van der Waals surface area contributed by atoms with Crippen molar-refractivity contribution in [2.75, 3.05) is 0 Å². The van der Waals surface area contributed by atoms with Crippen LogP contribution in [0.15, 0.2) is 42.5 Å². The van der Waals surface area contributed by atoms with Crippen molar-refractivity contribution in [2.45, 2.75) is 43.0 Å². The average Bonchev–Trinajstić information content (AvgIpc) is 2.30. The molecule has 1 N–H and O–H groups in total. The van der Waals surface area contributed by atoms with Crippen molar-refractivity contribution in [1.29, 1.82) is 0 Å². The molecule has 1 aromatic rings. The van der Waals surface area contributed by atoms with E-state index < -0.39 is 5.60 Å². The predicted octanol–water partition coefficient (Wildman–Crippen LogP) is 2.69. The predicted molar refractivity (Wildman–Crippen MR) is 73.8 cm³/mol. The Bertz CT molecular complexity index is 397. The molecule has 0 radical (unpaired) electrons. The number of rotatable bonds is 3. The summed E-state index contributed by atoms with van der Waals surface area (Å²) in [5, 5.41) is 10.8. The topological polar surface area (TPSA) is 20.2 Å². The Hall–Kier alpha value is -0.561. The fraction of sp³-hybridized carbons (Fsp3) is 0.467. The summed E-state index contributed by atoms with van der Waals surface area (Å²) in [6, 6.07) is 10.5. The molecule has 92 valence electrons. The van der Waals surface area contributed by atoms with Crippen LogP contribution >= 0.6 is 0 Å². The van der Waals surface area contributed by atoms with Gasteiger partial charge in [-0.3, -0.25) is 0 Å². The van der Waals surface area contributed by atoms with Gasteiger partial charge in [-0.25, -0.2) is 0 Å². The average molecular weight is 295 g/mol. The van der Waals surface area contributed by atoms with Gasteiger partial charge < -0.3 is 0 Å². The van der Waals surface area contributed by atoms with E-state index in [0.29, 0.717) is 0 Å². The second kappa shape index (κ2) is 4.97. The molecule has 1 unspecified atom stereocenters. The molecule has 0 saturated carbocycles. The van der Waals surface area contributed by atoms with Crippen LogP contribution in [0.5, 0.6) is 0 Å². The Kier molecular flexibility index (Phi) is 3.77. The van der Waals surface area contributed by atoms with E-state index in [1.807, 2.05) is 12.1 Å². The first kappa shape index (κ1) is 12.9. The maximum absolute atomic E-state index is 10.8. The van der Waals surface area contributed by atoms with Crippen LogP contribution in [-0.4, -0.2) is 25.7 Å². The molecule has 0 aliphatic heterocycles. The van der Waals surface area contributed by atoms with Crippen molar-refractivity contribution in [2.24, 2.45) is 0 Å². The number of hydrogen-bond donors (Lipinski definition) is 1. The van der Waals surface area contributed by atoms with E-state index in [4.69, 9.17) is 0 Å². The van der Waals surface area contributed by atoms with Crippen molar-refractivity contribution in [3.8, 4) is 0 Å². The molecular formula is C15H20OSe. The van der Waals surface area contributed by atoms with Crippen LogP contribution in [0.1, 0.15) is 33.1 Å². The van der Waals surface area contributed by atoms with Gasteiger partial charge in [0.05, 0.1) is 0 Å². The molecular weight excluding hydrogens is 275 g/mol. The summed E-state index contributed by atoms with van der Waals surface area (Å²) in [6.45, 7) is 4.38. The van der Waals surface area contributed by atoms with Gasteiger partial charge in [0.15, 0.2) is 0 Å². The van der Waals surface area contributed by atoms with Crippen LogP contribution in [0.4, 0.5) is 0 Å². The van der Waals surface area contributed by atoms with Crippen molar-refractivity contribution in [3.63, 3.8) is 0 Å². The Balaban J connectivity index is 2.18.